The molecule has 0 aliphatic carbocycles. The lowest BCUT2D eigenvalue weighted by Gasteiger charge is -2.18. The number of ether oxygens (including phenoxy) is 1. The van der Waals surface area contributed by atoms with Crippen molar-refractivity contribution in [3.63, 3.8) is 0 Å². The van der Waals surface area contributed by atoms with Crippen LogP contribution in [-0.2, 0) is 4.79 Å². The van der Waals surface area contributed by atoms with Crippen LogP contribution in [0, 0.1) is 10.1 Å². The van der Waals surface area contributed by atoms with E-state index in [4.69, 9.17) is 4.74 Å². The van der Waals surface area contributed by atoms with Gasteiger partial charge in [-0.2, -0.15) is 0 Å². The van der Waals surface area contributed by atoms with Gasteiger partial charge in [-0.25, -0.2) is 0 Å². The maximum atomic E-state index is 11.0. The van der Waals surface area contributed by atoms with Crippen molar-refractivity contribution in [3.05, 3.63) is 33.9 Å². The zero-order valence-corrected chi connectivity index (χ0v) is 12.5. The van der Waals surface area contributed by atoms with Crippen LogP contribution in [0.4, 0.5) is 5.69 Å². The third-order valence-corrected chi connectivity index (χ3v) is 3.68. The van der Waals surface area contributed by atoms with Crippen LogP contribution in [-0.4, -0.2) is 39.2 Å². The number of carbonyl (C=O) groups excluding carboxylic acids is 1. The van der Waals surface area contributed by atoms with E-state index in [0.717, 1.165) is 11.8 Å². The number of rotatable bonds is 7. The van der Waals surface area contributed by atoms with Gasteiger partial charge in [-0.05, 0) is 18.6 Å². The van der Waals surface area contributed by atoms with Gasteiger partial charge in [-0.15, -0.1) is 0 Å². The van der Waals surface area contributed by atoms with Gasteiger partial charge in [0.15, 0.2) is 5.12 Å². The summed E-state index contributed by atoms with van der Waals surface area (Å²) in [6, 6.07) is 4.02. The average Bonchev–Trinajstić information content (AvgIpc) is 2.45. The monoisotopic (exact) mass is 315 g/mol. The summed E-state index contributed by atoms with van der Waals surface area (Å²) in [6.45, 7) is 1.40. The van der Waals surface area contributed by atoms with Crippen LogP contribution >= 0.6 is 11.8 Å². The maximum absolute atomic E-state index is 11.0. The van der Waals surface area contributed by atoms with E-state index in [-0.39, 0.29) is 22.8 Å². The number of thioether (sulfide) groups is 1. The number of nitro benzene ring substituents is 1. The van der Waals surface area contributed by atoms with Crippen molar-refractivity contribution in [2.45, 2.75) is 25.6 Å². The van der Waals surface area contributed by atoms with Gasteiger partial charge < -0.3 is 14.9 Å². The molecule has 0 amide bonds. The molecule has 2 unspecified atom stereocenters. The lowest BCUT2D eigenvalue weighted by molar-refractivity contribution is -0.386. The first-order valence-corrected chi connectivity index (χ1v) is 7.17. The second kappa shape index (κ2) is 7.96. The first-order chi connectivity index (χ1) is 9.86. The summed E-state index contributed by atoms with van der Waals surface area (Å²) >= 11 is 1.02. The number of benzene rings is 1. The second-order valence-corrected chi connectivity index (χ2v) is 5.59. The van der Waals surface area contributed by atoms with Crippen LogP contribution in [0.25, 0.3) is 0 Å². The molecule has 0 heterocycles. The zero-order valence-electron chi connectivity index (χ0n) is 11.7. The number of hydrogen-bond acceptors (Lipinski definition) is 7. The molecule has 0 fully saturated rings. The van der Waals surface area contributed by atoms with Crippen LogP contribution in [0.15, 0.2) is 18.2 Å². The highest BCUT2D eigenvalue weighted by molar-refractivity contribution is 8.13. The van der Waals surface area contributed by atoms with Crippen LogP contribution in [0.2, 0.25) is 0 Å². The highest BCUT2D eigenvalue weighted by Crippen LogP contribution is 2.31. The standard InChI is InChI=1S/C13H17NO6S/c1-8(15)21-6-5-12(16)13(17)10-4-3-9(20-2)7-11(10)14(18)19/h3-4,7,12-13,16-17H,5-6H2,1-2H3. The van der Waals surface area contributed by atoms with Gasteiger partial charge in [-0.3, -0.25) is 14.9 Å². The zero-order chi connectivity index (χ0) is 16.0. The van der Waals surface area contributed by atoms with Crippen molar-refractivity contribution in [2.75, 3.05) is 12.9 Å². The first-order valence-electron chi connectivity index (χ1n) is 6.18. The van der Waals surface area contributed by atoms with Gasteiger partial charge in [-0.1, -0.05) is 11.8 Å². The van der Waals surface area contributed by atoms with Gasteiger partial charge in [0.25, 0.3) is 5.69 Å². The van der Waals surface area contributed by atoms with Crippen molar-refractivity contribution in [2.24, 2.45) is 0 Å². The van der Waals surface area contributed by atoms with Crippen LogP contribution in [0.5, 0.6) is 5.75 Å². The SMILES string of the molecule is COc1ccc(C(O)C(O)CCSC(C)=O)c([N+](=O)[O-])c1. The molecule has 0 spiro atoms. The topological polar surface area (TPSA) is 110 Å². The van der Waals surface area contributed by atoms with E-state index in [2.05, 4.69) is 0 Å². The summed E-state index contributed by atoms with van der Waals surface area (Å²) in [5.41, 5.74) is -0.304. The van der Waals surface area contributed by atoms with E-state index in [1.807, 2.05) is 0 Å². The summed E-state index contributed by atoms with van der Waals surface area (Å²) < 4.78 is 4.90. The number of nitrogens with zero attached hydrogens (tertiary/aromatic N) is 1. The quantitative estimate of drug-likeness (QED) is 0.581. The molecule has 8 heteroatoms. The van der Waals surface area contributed by atoms with E-state index < -0.39 is 17.1 Å². The smallest absolute Gasteiger partial charge is 0.279 e. The van der Waals surface area contributed by atoms with E-state index in [0.29, 0.717) is 11.5 Å². The minimum atomic E-state index is -1.40. The minimum absolute atomic E-state index is 0.0149. The number of aliphatic hydroxyl groups excluding tert-OH is 2. The van der Waals surface area contributed by atoms with Gasteiger partial charge >= 0.3 is 0 Å². The van der Waals surface area contributed by atoms with Gasteiger partial charge in [0.05, 0.1) is 29.8 Å². The Kier molecular flexibility index (Phi) is 6.60. The summed E-state index contributed by atoms with van der Waals surface area (Å²) in [6.07, 6.45) is -2.44. The molecule has 0 aromatic heterocycles. The summed E-state index contributed by atoms with van der Waals surface area (Å²) in [4.78, 5) is 21.2. The number of aliphatic hydroxyl groups is 2. The van der Waals surface area contributed by atoms with Crippen LogP contribution < -0.4 is 4.74 Å². The fourth-order valence-electron chi connectivity index (χ4n) is 1.75. The lowest BCUT2D eigenvalue weighted by atomic mass is 10.0. The Bertz CT molecular complexity index is 521. The van der Waals surface area contributed by atoms with Crippen molar-refractivity contribution in [1.82, 2.24) is 0 Å². The molecule has 1 rings (SSSR count). The predicted molar refractivity (Wildman–Crippen MR) is 78.4 cm³/mol. The fourth-order valence-corrected chi connectivity index (χ4v) is 2.39. The normalized spacial score (nSPS) is 13.5. The Morgan fingerprint density at radius 2 is 2.14 bits per heavy atom. The average molecular weight is 315 g/mol. The van der Waals surface area contributed by atoms with E-state index in [1.165, 1.54) is 32.2 Å². The Morgan fingerprint density at radius 1 is 1.48 bits per heavy atom. The predicted octanol–water partition coefficient (Wildman–Crippen LogP) is 1.67. The molecule has 1 aromatic rings. The van der Waals surface area contributed by atoms with Gasteiger partial charge in [0, 0.05) is 12.7 Å². The molecule has 116 valence electrons. The minimum Gasteiger partial charge on any atom is -0.497 e. The maximum Gasteiger partial charge on any atom is 0.279 e. The molecule has 1 aromatic carbocycles. The molecule has 0 bridgehead atoms. The molecule has 21 heavy (non-hydrogen) atoms. The van der Waals surface area contributed by atoms with Gasteiger partial charge in [0.2, 0.25) is 0 Å². The Balaban J connectivity index is 2.87. The molecule has 7 nitrogen and oxygen atoms in total. The van der Waals surface area contributed by atoms with Crippen LogP contribution in [0.1, 0.15) is 25.0 Å². The molecule has 0 aliphatic heterocycles. The summed E-state index contributed by atoms with van der Waals surface area (Å²) in [5.74, 6) is 0.622. The fraction of sp³-hybridized carbons (Fsp3) is 0.462. The number of hydrogen-bond donors (Lipinski definition) is 2. The molecule has 0 saturated carbocycles. The molecule has 0 aliphatic rings. The van der Waals surface area contributed by atoms with E-state index in [9.17, 15) is 25.1 Å². The molecule has 2 N–H and O–H groups in total. The van der Waals surface area contributed by atoms with E-state index >= 15 is 0 Å². The number of carbonyl (C=O) groups is 1. The van der Waals surface area contributed by atoms with Crippen molar-refractivity contribution >= 4 is 22.6 Å². The third-order valence-electron chi connectivity index (χ3n) is 2.84. The van der Waals surface area contributed by atoms with Crippen molar-refractivity contribution in [1.29, 1.82) is 0 Å². The molecular formula is C13H17NO6S. The summed E-state index contributed by atoms with van der Waals surface area (Å²) in [7, 11) is 1.38. The van der Waals surface area contributed by atoms with Crippen LogP contribution in [0.3, 0.4) is 0 Å². The summed E-state index contributed by atoms with van der Waals surface area (Å²) in [5, 5.41) is 30.9. The van der Waals surface area contributed by atoms with Crippen molar-refractivity contribution in [3.8, 4) is 5.75 Å². The second-order valence-electron chi connectivity index (χ2n) is 4.32. The number of nitro groups is 1. The number of methoxy groups -OCH3 is 1. The third kappa shape index (κ3) is 5.00. The lowest BCUT2D eigenvalue weighted by Crippen LogP contribution is -2.20. The first kappa shape index (κ1) is 17.4. The largest absolute Gasteiger partial charge is 0.497 e. The molecule has 0 radical (unpaired) electrons. The Labute approximate surface area is 126 Å². The highest BCUT2D eigenvalue weighted by Gasteiger charge is 2.26. The highest BCUT2D eigenvalue weighted by atomic mass is 32.2. The Hall–Kier alpha value is -1.64. The Morgan fingerprint density at radius 3 is 2.67 bits per heavy atom. The van der Waals surface area contributed by atoms with Gasteiger partial charge in [0.1, 0.15) is 11.9 Å². The molecule has 2 atom stereocenters. The molecule has 0 saturated heterocycles. The molecular weight excluding hydrogens is 298 g/mol. The van der Waals surface area contributed by atoms with E-state index in [1.54, 1.807) is 0 Å². The van der Waals surface area contributed by atoms with Crippen molar-refractivity contribution < 1.29 is 24.7 Å².